The third-order valence-corrected chi connectivity index (χ3v) is 12.0. The minimum absolute atomic E-state index is 0.212. The summed E-state index contributed by atoms with van der Waals surface area (Å²) in [6.07, 6.45) is 33.8. The summed E-state index contributed by atoms with van der Waals surface area (Å²) < 4.78 is 12.1. The Labute approximate surface area is 349 Å². The molecule has 0 aromatic carbocycles. The van der Waals surface area contributed by atoms with Crippen LogP contribution in [-0.4, -0.2) is 63.9 Å². The first-order chi connectivity index (χ1) is 26.6. The van der Waals surface area contributed by atoms with Crippen LogP contribution in [0.15, 0.2) is 0 Å². The number of hydroxylamine groups is 4. The molecule has 56 heavy (non-hydrogen) atoms. The fraction of sp³-hybridized carbons (Fsp3) is 0.980. The van der Waals surface area contributed by atoms with Crippen LogP contribution in [0.5, 0.6) is 0 Å². The average molecular weight is 795 g/mol. The largest absolute Gasteiger partial charge is 0.508 e. The maximum absolute atomic E-state index is 13.2. The molecule has 0 bridgehead atoms. The van der Waals surface area contributed by atoms with Gasteiger partial charge in [0.05, 0.1) is 13.2 Å². The van der Waals surface area contributed by atoms with E-state index in [1.165, 1.54) is 141 Å². The molecule has 0 spiro atoms. The minimum atomic E-state index is -0.545. The molecule has 334 valence electrons. The van der Waals surface area contributed by atoms with Crippen molar-refractivity contribution in [3.8, 4) is 0 Å². The Balaban J connectivity index is 0.00000176. The van der Waals surface area contributed by atoms with Gasteiger partial charge >= 0.3 is 6.16 Å². The zero-order valence-corrected chi connectivity index (χ0v) is 39.8. The number of carbonyl (C=O) groups is 1. The van der Waals surface area contributed by atoms with E-state index in [9.17, 15) is 4.79 Å². The van der Waals surface area contributed by atoms with Crippen LogP contribution >= 0.6 is 0 Å². The normalized spacial score (nSPS) is 19.7. The van der Waals surface area contributed by atoms with E-state index in [1.807, 2.05) is 0 Å². The lowest BCUT2D eigenvalue weighted by Gasteiger charge is -2.54. The van der Waals surface area contributed by atoms with E-state index in [1.54, 1.807) is 0 Å². The summed E-state index contributed by atoms with van der Waals surface area (Å²) in [6.45, 7) is 28.1. The molecular formula is C49H98N2O5. The summed E-state index contributed by atoms with van der Waals surface area (Å²) in [6, 6.07) is 0. The molecular weight excluding hydrogens is 697 g/mol. The second kappa shape index (κ2) is 29.4. The van der Waals surface area contributed by atoms with Crippen LogP contribution in [0.4, 0.5) is 4.79 Å². The average Bonchev–Trinajstić information content (AvgIpc) is 3.09. The number of ether oxygens (including phenoxy) is 2. The highest BCUT2D eigenvalue weighted by molar-refractivity contribution is 5.60. The number of hydrogen-bond donors (Lipinski definition) is 0. The first-order valence-corrected chi connectivity index (χ1v) is 24.3. The van der Waals surface area contributed by atoms with Crippen molar-refractivity contribution in [2.75, 3.05) is 13.2 Å². The van der Waals surface area contributed by atoms with Crippen LogP contribution in [0.2, 0.25) is 0 Å². The van der Waals surface area contributed by atoms with Crippen molar-refractivity contribution in [2.24, 2.45) is 0 Å². The number of carbonyl (C=O) groups excluding carboxylic acids is 1. The zero-order valence-electron chi connectivity index (χ0n) is 39.8. The second-order valence-corrected chi connectivity index (χ2v) is 20.1. The number of hydrogen-bond acceptors (Lipinski definition) is 7. The molecule has 0 aliphatic carbocycles. The highest BCUT2D eigenvalue weighted by atomic mass is 16.7. The van der Waals surface area contributed by atoms with E-state index in [0.29, 0.717) is 25.7 Å². The molecule has 2 rings (SSSR count). The Hall–Kier alpha value is -0.890. The van der Waals surface area contributed by atoms with Crippen LogP contribution < -0.4 is 0 Å². The highest BCUT2D eigenvalue weighted by Gasteiger charge is 2.50. The van der Waals surface area contributed by atoms with Crippen molar-refractivity contribution in [1.82, 2.24) is 10.1 Å². The summed E-state index contributed by atoms with van der Waals surface area (Å²) in [4.78, 5) is 26.0. The molecule has 7 nitrogen and oxygen atoms in total. The standard InChI is InChI=1S/C41H80N2O5.C8H18/c1-11-13-15-17-19-21-23-25-27-29-45-42-38(3,4)31-35(32-39(42,5)6)47-37(44)48-36-33-40(7,8)43(41(9,10)34-36)46-30-28-26-24-22-20-18-16-14-12-2;1-3-5-7-8-6-4-2/h35-36H,11-34H2,1-10H3;3-8H2,1-2H3. The van der Waals surface area contributed by atoms with Gasteiger partial charge in [0.1, 0.15) is 12.2 Å². The molecule has 7 heteroatoms. The molecule has 0 amide bonds. The van der Waals surface area contributed by atoms with Crippen LogP contribution in [0.25, 0.3) is 0 Å². The van der Waals surface area contributed by atoms with E-state index in [4.69, 9.17) is 19.1 Å². The van der Waals surface area contributed by atoms with Crippen molar-refractivity contribution in [3.63, 3.8) is 0 Å². The molecule has 2 aliphatic rings. The Morgan fingerprint density at radius 2 is 0.607 bits per heavy atom. The number of nitrogens with zero attached hydrogens (tertiary/aromatic N) is 2. The number of rotatable bonds is 29. The van der Waals surface area contributed by atoms with Crippen molar-refractivity contribution in [2.45, 2.75) is 297 Å². The predicted molar refractivity (Wildman–Crippen MR) is 239 cm³/mol. The van der Waals surface area contributed by atoms with Gasteiger partial charge in [-0.1, -0.05) is 169 Å². The quantitative estimate of drug-likeness (QED) is 0.0552. The molecule has 0 radical (unpaired) electrons. The van der Waals surface area contributed by atoms with Gasteiger partial charge in [-0.15, -0.1) is 0 Å². The molecule has 0 saturated carbocycles. The maximum atomic E-state index is 13.2. The minimum Gasteiger partial charge on any atom is -0.431 e. The van der Waals surface area contributed by atoms with E-state index in [0.717, 1.165) is 26.1 Å². The molecule has 2 saturated heterocycles. The molecule has 2 fully saturated rings. The van der Waals surface area contributed by atoms with Crippen molar-refractivity contribution in [3.05, 3.63) is 0 Å². The summed E-state index contributed by atoms with van der Waals surface area (Å²) in [7, 11) is 0. The summed E-state index contributed by atoms with van der Waals surface area (Å²) in [5.74, 6) is 0. The van der Waals surface area contributed by atoms with Gasteiger partial charge in [-0.05, 0) is 68.2 Å². The summed E-state index contributed by atoms with van der Waals surface area (Å²) in [5.41, 5.74) is -1.03. The van der Waals surface area contributed by atoms with Gasteiger partial charge in [-0.25, -0.2) is 4.79 Å². The van der Waals surface area contributed by atoms with Gasteiger partial charge < -0.3 is 9.47 Å². The third kappa shape index (κ3) is 22.5. The highest BCUT2D eigenvalue weighted by Crippen LogP contribution is 2.42. The third-order valence-electron chi connectivity index (χ3n) is 12.0. The van der Waals surface area contributed by atoms with Gasteiger partial charge in [0.25, 0.3) is 0 Å². The van der Waals surface area contributed by atoms with Gasteiger partial charge in [0, 0.05) is 47.8 Å². The number of unbranched alkanes of at least 4 members (excludes halogenated alkanes) is 21. The van der Waals surface area contributed by atoms with E-state index < -0.39 is 6.16 Å². The fourth-order valence-corrected chi connectivity index (χ4v) is 9.50. The summed E-state index contributed by atoms with van der Waals surface area (Å²) in [5, 5.41) is 4.34. The van der Waals surface area contributed by atoms with Crippen LogP contribution in [0, 0.1) is 0 Å². The molecule has 0 aromatic heterocycles. The Morgan fingerprint density at radius 3 is 0.839 bits per heavy atom. The van der Waals surface area contributed by atoms with Crippen LogP contribution in [0.1, 0.15) is 263 Å². The smallest absolute Gasteiger partial charge is 0.431 e. The van der Waals surface area contributed by atoms with Crippen LogP contribution in [-0.2, 0) is 19.1 Å². The van der Waals surface area contributed by atoms with Crippen molar-refractivity contribution < 1.29 is 23.9 Å². The number of piperidine rings is 2. The molecule has 2 aliphatic heterocycles. The fourth-order valence-electron chi connectivity index (χ4n) is 9.50. The molecule has 0 atom stereocenters. The lowest BCUT2D eigenvalue weighted by Crippen LogP contribution is -2.62. The second-order valence-electron chi connectivity index (χ2n) is 20.1. The first-order valence-electron chi connectivity index (χ1n) is 24.3. The zero-order chi connectivity index (χ0) is 41.9. The van der Waals surface area contributed by atoms with Crippen molar-refractivity contribution >= 4 is 6.16 Å². The van der Waals surface area contributed by atoms with Crippen LogP contribution in [0.3, 0.4) is 0 Å². The topological polar surface area (TPSA) is 60.5 Å². The van der Waals surface area contributed by atoms with Gasteiger partial charge in [0.2, 0.25) is 0 Å². The van der Waals surface area contributed by atoms with E-state index in [-0.39, 0.29) is 34.4 Å². The lowest BCUT2D eigenvalue weighted by molar-refractivity contribution is -0.296. The molecule has 0 unspecified atom stereocenters. The maximum Gasteiger partial charge on any atom is 0.508 e. The Kier molecular flexibility index (Phi) is 27.8. The summed E-state index contributed by atoms with van der Waals surface area (Å²) >= 11 is 0. The van der Waals surface area contributed by atoms with E-state index >= 15 is 0 Å². The van der Waals surface area contributed by atoms with E-state index in [2.05, 4.69) is 93.2 Å². The SMILES string of the molecule is CCCCCCCC.CCCCCCCCCCCON1C(C)(C)CC(OC(=O)OC2CC(C)(C)N(OCCCCCCCCCCC)C(C)(C)C2)CC1(C)C. The molecule has 0 aromatic rings. The predicted octanol–water partition coefficient (Wildman–Crippen LogP) is 15.5. The molecule has 0 N–H and O–H groups in total. The lowest BCUT2D eigenvalue weighted by atomic mass is 9.80. The van der Waals surface area contributed by atoms with Gasteiger partial charge in [-0.3, -0.25) is 9.68 Å². The van der Waals surface area contributed by atoms with Gasteiger partial charge in [-0.2, -0.15) is 10.1 Å². The Morgan fingerprint density at radius 1 is 0.393 bits per heavy atom. The Bertz CT molecular complexity index is 856. The van der Waals surface area contributed by atoms with Gasteiger partial charge in [0.15, 0.2) is 0 Å². The first kappa shape index (κ1) is 53.1. The van der Waals surface area contributed by atoms with Crippen molar-refractivity contribution in [1.29, 1.82) is 0 Å². The monoisotopic (exact) mass is 795 g/mol. The molecule has 2 heterocycles.